The summed E-state index contributed by atoms with van der Waals surface area (Å²) in [5.74, 6) is 0.545. The van der Waals surface area contributed by atoms with E-state index in [-0.39, 0.29) is 11.9 Å². The van der Waals surface area contributed by atoms with E-state index in [1.807, 2.05) is 31.2 Å². The number of hydrogen-bond donors (Lipinski definition) is 1. The van der Waals surface area contributed by atoms with Gasteiger partial charge in [0.2, 0.25) is 0 Å². The Balaban J connectivity index is 1.95. The highest BCUT2D eigenvalue weighted by molar-refractivity contribution is 5.29. The van der Waals surface area contributed by atoms with Gasteiger partial charge in [-0.1, -0.05) is 24.3 Å². The highest BCUT2D eigenvalue weighted by atomic mass is 19.1. The van der Waals surface area contributed by atoms with Gasteiger partial charge >= 0.3 is 0 Å². The van der Waals surface area contributed by atoms with Crippen LogP contribution in [0.25, 0.3) is 0 Å². The Bertz CT molecular complexity index is 491. The van der Waals surface area contributed by atoms with Gasteiger partial charge in [-0.05, 0) is 42.3 Å². The molecule has 0 aliphatic rings. The molecular weight excluding hydrogens is 229 g/mol. The van der Waals surface area contributed by atoms with Gasteiger partial charge in [-0.2, -0.15) is 0 Å². The van der Waals surface area contributed by atoms with Gasteiger partial charge in [-0.15, -0.1) is 0 Å². The van der Waals surface area contributed by atoms with Gasteiger partial charge in [0.15, 0.2) is 0 Å². The van der Waals surface area contributed by atoms with Gasteiger partial charge in [0.05, 0.1) is 0 Å². The minimum atomic E-state index is -0.236. The van der Waals surface area contributed by atoms with Crippen LogP contribution in [0.5, 0.6) is 5.75 Å². The second-order valence-corrected chi connectivity index (χ2v) is 4.27. The van der Waals surface area contributed by atoms with Crippen LogP contribution in [0.1, 0.15) is 24.1 Å². The van der Waals surface area contributed by atoms with Crippen molar-refractivity contribution in [2.24, 2.45) is 5.73 Å². The van der Waals surface area contributed by atoms with Gasteiger partial charge in [0, 0.05) is 6.04 Å². The van der Waals surface area contributed by atoms with Crippen molar-refractivity contribution < 1.29 is 9.13 Å². The zero-order chi connectivity index (χ0) is 13.0. The maximum atomic E-state index is 12.7. The predicted molar refractivity (Wildman–Crippen MR) is 69.8 cm³/mol. The van der Waals surface area contributed by atoms with Crippen LogP contribution in [-0.2, 0) is 6.61 Å². The molecule has 1 atom stereocenters. The number of ether oxygens (including phenoxy) is 1. The van der Waals surface area contributed by atoms with Crippen LogP contribution < -0.4 is 10.5 Å². The van der Waals surface area contributed by atoms with E-state index in [0.29, 0.717) is 6.61 Å². The molecule has 0 unspecified atom stereocenters. The van der Waals surface area contributed by atoms with Gasteiger partial charge in [0.25, 0.3) is 0 Å². The molecule has 18 heavy (non-hydrogen) atoms. The zero-order valence-corrected chi connectivity index (χ0v) is 10.3. The van der Waals surface area contributed by atoms with Crippen molar-refractivity contribution in [3.63, 3.8) is 0 Å². The Morgan fingerprint density at radius 2 is 1.67 bits per heavy atom. The monoisotopic (exact) mass is 245 g/mol. The van der Waals surface area contributed by atoms with Crippen molar-refractivity contribution in [3.05, 3.63) is 65.5 Å². The summed E-state index contributed by atoms with van der Waals surface area (Å²) in [6.45, 7) is 2.37. The normalized spacial score (nSPS) is 12.2. The number of benzene rings is 2. The van der Waals surface area contributed by atoms with Crippen LogP contribution in [0.4, 0.5) is 4.39 Å². The van der Waals surface area contributed by atoms with Crippen molar-refractivity contribution >= 4 is 0 Å². The Labute approximate surface area is 106 Å². The molecule has 0 amide bonds. The van der Waals surface area contributed by atoms with Crippen molar-refractivity contribution in [1.29, 1.82) is 0 Å². The number of halogens is 1. The molecule has 0 bridgehead atoms. The third-order valence-electron chi connectivity index (χ3n) is 2.72. The lowest BCUT2D eigenvalue weighted by molar-refractivity contribution is 0.306. The van der Waals surface area contributed by atoms with Crippen LogP contribution in [0.3, 0.4) is 0 Å². The average molecular weight is 245 g/mol. The lowest BCUT2D eigenvalue weighted by Gasteiger charge is -2.09. The molecule has 0 radical (unpaired) electrons. The molecule has 2 rings (SSSR count). The molecular formula is C15H16FNO. The van der Waals surface area contributed by atoms with E-state index < -0.39 is 0 Å². The third-order valence-corrected chi connectivity index (χ3v) is 2.72. The Kier molecular flexibility index (Phi) is 3.95. The number of rotatable bonds is 4. The summed E-state index contributed by atoms with van der Waals surface area (Å²) >= 11 is 0. The van der Waals surface area contributed by atoms with Crippen molar-refractivity contribution in [2.75, 3.05) is 0 Å². The first-order valence-electron chi connectivity index (χ1n) is 5.88. The molecule has 0 saturated carbocycles. The molecule has 0 saturated heterocycles. The maximum Gasteiger partial charge on any atom is 0.123 e. The van der Waals surface area contributed by atoms with E-state index in [0.717, 1.165) is 16.9 Å². The minimum Gasteiger partial charge on any atom is -0.489 e. The van der Waals surface area contributed by atoms with Crippen molar-refractivity contribution in [2.45, 2.75) is 19.6 Å². The van der Waals surface area contributed by atoms with Crippen LogP contribution in [0.2, 0.25) is 0 Å². The molecule has 0 fully saturated rings. The molecule has 0 aliphatic carbocycles. The highest BCUT2D eigenvalue weighted by Gasteiger charge is 2.00. The summed E-state index contributed by atoms with van der Waals surface area (Å²) in [6.07, 6.45) is 0. The molecule has 2 nitrogen and oxygen atoms in total. The topological polar surface area (TPSA) is 35.2 Å². The predicted octanol–water partition coefficient (Wildman–Crippen LogP) is 3.42. The fourth-order valence-electron chi connectivity index (χ4n) is 1.61. The third kappa shape index (κ3) is 3.31. The van der Waals surface area contributed by atoms with Gasteiger partial charge in [0.1, 0.15) is 18.2 Å². The van der Waals surface area contributed by atoms with Crippen molar-refractivity contribution in [3.8, 4) is 5.75 Å². The smallest absolute Gasteiger partial charge is 0.123 e. The molecule has 0 spiro atoms. The van der Waals surface area contributed by atoms with Crippen LogP contribution in [0, 0.1) is 5.82 Å². The fourth-order valence-corrected chi connectivity index (χ4v) is 1.61. The molecule has 2 aromatic carbocycles. The van der Waals surface area contributed by atoms with Crippen LogP contribution in [-0.4, -0.2) is 0 Å². The lowest BCUT2D eigenvalue weighted by Crippen LogP contribution is -2.04. The van der Waals surface area contributed by atoms with Gasteiger partial charge in [-0.25, -0.2) is 4.39 Å². The van der Waals surface area contributed by atoms with Gasteiger partial charge < -0.3 is 10.5 Å². The van der Waals surface area contributed by atoms with E-state index >= 15 is 0 Å². The summed E-state index contributed by atoms with van der Waals surface area (Å²) in [4.78, 5) is 0. The first-order chi connectivity index (χ1) is 8.65. The summed E-state index contributed by atoms with van der Waals surface area (Å²) in [5, 5.41) is 0. The Morgan fingerprint density at radius 1 is 1.06 bits per heavy atom. The molecule has 0 aromatic heterocycles. The van der Waals surface area contributed by atoms with E-state index in [9.17, 15) is 4.39 Å². The maximum absolute atomic E-state index is 12.7. The van der Waals surface area contributed by atoms with Crippen LogP contribution in [0.15, 0.2) is 48.5 Å². The molecule has 94 valence electrons. The second kappa shape index (κ2) is 5.65. The first-order valence-corrected chi connectivity index (χ1v) is 5.88. The summed E-state index contributed by atoms with van der Waals surface area (Å²) in [6, 6.07) is 14.0. The highest BCUT2D eigenvalue weighted by Crippen LogP contribution is 2.17. The van der Waals surface area contributed by atoms with E-state index in [1.165, 1.54) is 12.1 Å². The lowest BCUT2D eigenvalue weighted by atomic mass is 10.1. The molecule has 3 heteroatoms. The molecule has 0 heterocycles. The van der Waals surface area contributed by atoms with Gasteiger partial charge in [-0.3, -0.25) is 0 Å². The Hall–Kier alpha value is -1.87. The first kappa shape index (κ1) is 12.6. The molecule has 2 aromatic rings. The van der Waals surface area contributed by atoms with E-state index in [4.69, 9.17) is 10.5 Å². The van der Waals surface area contributed by atoms with Crippen molar-refractivity contribution in [1.82, 2.24) is 0 Å². The summed E-state index contributed by atoms with van der Waals surface area (Å²) in [5.41, 5.74) is 7.78. The van der Waals surface area contributed by atoms with E-state index in [2.05, 4.69) is 0 Å². The zero-order valence-electron chi connectivity index (χ0n) is 10.3. The molecule has 2 N–H and O–H groups in total. The minimum absolute atomic E-state index is 0.0242. The average Bonchev–Trinajstić information content (AvgIpc) is 2.38. The largest absolute Gasteiger partial charge is 0.489 e. The number of hydrogen-bond acceptors (Lipinski definition) is 2. The number of nitrogens with two attached hydrogens (primary N) is 1. The van der Waals surface area contributed by atoms with E-state index in [1.54, 1.807) is 12.1 Å². The fraction of sp³-hybridized carbons (Fsp3) is 0.200. The molecule has 0 aliphatic heterocycles. The summed E-state index contributed by atoms with van der Waals surface area (Å²) < 4.78 is 18.3. The SMILES string of the molecule is C[C@@H](N)c1ccc(OCc2ccc(F)cc2)cc1. The van der Waals surface area contributed by atoms with Crippen LogP contribution >= 0.6 is 0 Å². The summed E-state index contributed by atoms with van der Waals surface area (Å²) in [7, 11) is 0. The Morgan fingerprint density at radius 3 is 2.22 bits per heavy atom. The second-order valence-electron chi connectivity index (χ2n) is 4.27. The quantitative estimate of drug-likeness (QED) is 0.895. The standard InChI is InChI=1S/C15H16FNO/c1-11(17)13-4-8-15(9-5-13)18-10-12-2-6-14(16)7-3-12/h2-9,11H,10,17H2,1H3/t11-/m1/s1.